The molecule has 0 radical (unpaired) electrons. The fourth-order valence-corrected chi connectivity index (χ4v) is 2.85. The van der Waals surface area contributed by atoms with Gasteiger partial charge < -0.3 is 5.32 Å². The summed E-state index contributed by atoms with van der Waals surface area (Å²) in [4.78, 5) is 16.8. The first-order valence-electron chi connectivity index (χ1n) is 8.79. The highest BCUT2D eigenvalue weighted by Crippen LogP contribution is 2.22. The summed E-state index contributed by atoms with van der Waals surface area (Å²) in [7, 11) is 0. The van der Waals surface area contributed by atoms with Gasteiger partial charge in [0.1, 0.15) is 11.5 Å². The maximum Gasteiger partial charge on any atom is 0.270 e. The molecule has 4 rings (SSSR count). The van der Waals surface area contributed by atoms with Crippen molar-refractivity contribution in [2.75, 3.05) is 0 Å². The summed E-state index contributed by atoms with van der Waals surface area (Å²) in [6, 6.07) is 20.9. The molecule has 1 amide bonds. The Hall–Kier alpha value is -3.80. The van der Waals surface area contributed by atoms with Crippen molar-refractivity contribution in [2.45, 2.75) is 6.54 Å². The van der Waals surface area contributed by atoms with E-state index in [1.165, 1.54) is 16.8 Å². The molecule has 2 heterocycles. The quantitative estimate of drug-likeness (QED) is 0.576. The van der Waals surface area contributed by atoms with Crippen LogP contribution >= 0.6 is 0 Å². The highest BCUT2D eigenvalue weighted by molar-refractivity contribution is 5.94. The summed E-state index contributed by atoms with van der Waals surface area (Å²) in [5.74, 6) is -0.612. The first kappa shape index (κ1) is 17.6. The van der Waals surface area contributed by atoms with Gasteiger partial charge in [-0.2, -0.15) is 5.10 Å². The Bertz CT molecular complexity index is 1080. The standard InChI is InChI=1S/C22H17FN4O/c23-18-6-8-19(9-7-18)27-21(14-20(26-27)17-4-2-1-3-5-17)22(28)25-15-16-10-12-24-13-11-16/h1-14H,15H2,(H,25,28). The Balaban J connectivity index is 1.68. The third-order valence-corrected chi connectivity index (χ3v) is 4.29. The lowest BCUT2D eigenvalue weighted by molar-refractivity contribution is 0.0943. The highest BCUT2D eigenvalue weighted by Gasteiger charge is 2.17. The third-order valence-electron chi connectivity index (χ3n) is 4.29. The second kappa shape index (κ2) is 7.84. The van der Waals surface area contributed by atoms with Crippen molar-refractivity contribution in [3.8, 4) is 16.9 Å². The van der Waals surface area contributed by atoms with Gasteiger partial charge in [0.25, 0.3) is 5.91 Å². The van der Waals surface area contributed by atoms with Crippen LogP contribution in [0.2, 0.25) is 0 Å². The predicted molar refractivity (Wildman–Crippen MR) is 104 cm³/mol. The Labute approximate surface area is 161 Å². The Morgan fingerprint density at radius 3 is 2.39 bits per heavy atom. The van der Waals surface area contributed by atoms with Crippen LogP contribution in [0.1, 0.15) is 16.1 Å². The smallest absolute Gasteiger partial charge is 0.270 e. The fraction of sp³-hybridized carbons (Fsp3) is 0.0455. The zero-order chi connectivity index (χ0) is 19.3. The minimum atomic E-state index is -0.345. The molecule has 1 N–H and O–H groups in total. The van der Waals surface area contributed by atoms with Crippen LogP contribution in [-0.4, -0.2) is 20.7 Å². The van der Waals surface area contributed by atoms with E-state index in [1.807, 2.05) is 42.5 Å². The summed E-state index contributed by atoms with van der Waals surface area (Å²) in [5, 5.41) is 7.48. The van der Waals surface area contributed by atoms with Gasteiger partial charge in [-0.25, -0.2) is 9.07 Å². The van der Waals surface area contributed by atoms with Crippen LogP contribution in [0.4, 0.5) is 4.39 Å². The van der Waals surface area contributed by atoms with Gasteiger partial charge in [0, 0.05) is 24.5 Å². The number of benzene rings is 2. The number of halogens is 1. The van der Waals surface area contributed by atoms with Crippen LogP contribution in [0.3, 0.4) is 0 Å². The van der Waals surface area contributed by atoms with E-state index in [0.717, 1.165) is 11.1 Å². The van der Waals surface area contributed by atoms with Crippen molar-refractivity contribution in [3.63, 3.8) is 0 Å². The molecule has 0 aliphatic heterocycles. The topological polar surface area (TPSA) is 59.8 Å². The maximum atomic E-state index is 13.3. The number of aromatic nitrogens is 3. The predicted octanol–water partition coefficient (Wildman–Crippen LogP) is 4.00. The number of hydrogen-bond donors (Lipinski definition) is 1. The number of carbonyl (C=O) groups is 1. The zero-order valence-electron chi connectivity index (χ0n) is 14.9. The molecule has 5 nitrogen and oxygen atoms in total. The second-order valence-electron chi connectivity index (χ2n) is 6.21. The van der Waals surface area contributed by atoms with E-state index < -0.39 is 0 Å². The van der Waals surface area contributed by atoms with Crippen LogP contribution in [0.5, 0.6) is 0 Å². The van der Waals surface area contributed by atoms with Crippen LogP contribution in [-0.2, 0) is 6.54 Å². The average Bonchev–Trinajstić information content (AvgIpc) is 3.19. The van der Waals surface area contributed by atoms with Crippen molar-refractivity contribution in [3.05, 3.63) is 102 Å². The Morgan fingerprint density at radius 2 is 1.68 bits per heavy atom. The van der Waals surface area contributed by atoms with Crippen molar-refractivity contribution < 1.29 is 9.18 Å². The van der Waals surface area contributed by atoms with Crippen LogP contribution < -0.4 is 5.32 Å². The normalized spacial score (nSPS) is 10.6. The van der Waals surface area contributed by atoms with Gasteiger partial charge in [-0.05, 0) is 48.0 Å². The molecule has 0 aliphatic rings. The van der Waals surface area contributed by atoms with Gasteiger partial charge in [-0.1, -0.05) is 30.3 Å². The van der Waals surface area contributed by atoms with Crippen molar-refractivity contribution in [1.29, 1.82) is 0 Å². The molecular weight excluding hydrogens is 355 g/mol. The molecule has 2 aromatic heterocycles. The fourth-order valence-electron chi connectivity index (χ4n) is 2.85. The van der Waals surface area contributed by atoms with Gasteiger partial charge in [-0.15, -0.1) is 0 Å². The molecule has 2 aromatic carbocycles. The zero-order valence-corrected chi connectivity index (χ0v) is 14.9. The number of hydrogen-bond acceptors (Lipinski definition) is 3. The maximum absolute atomic E-state index is 13.3. The molecule has 0 saturated heterocycles. The monoisotopic (exact) mass is 372 g/mol. The van der Waals surface area contributed by atoms with Crippen molar-refractivity contribution in [1.82, 2.24) is 20.1 Å². The summed E-state index contributed by atoms with van der Waals surface area (Å²) < 4.78 is 14.9. The summed E-state index contributed by atoms with van der Waals surface area (Å²) >= 11 is 0. The number of nitrogens with zero attached hydrogens (tertiary/aromatic N) is 3. The molecule has 0 fully saturated rings. The molecule has 0 bridgehead atoms. The molecule has 28 heavy (non-hydrogen) atoms. The number of nitrogens with one attached hydrogen (secondary N) is 1. The Morgan fingerprint density at radius 1 is 0.964 bits per heavy atom. The molecule has 0 atom stereocenters. The largest absolute Gasteiger partial charge is 0.347 e. The van der Waals surface area contributed by atoms with E-state index >= 15 is 0 Å². The van der Waals surface area contributed by atoms with Crippen LogP contribution in [0.15, 0.2) is 85.2 Å². The van der Waals surface area contributed by atoms with Gasteiger partial charge in [-0.3, -0.25) is 9.78 Å². The summed E-state index contributed by atoms with van der Waals surface area (Å²) in [6.45, 7) is 0.372. The number of rotatable bonds is 5. The molecule has 0 unspecified atom stereocenters. The lowest BCUT2D eigenvalue weighted by Gasteiger charge is -2.08. The first-order chi connectivity index (χ1) is 13.7. The van der Waals surface area contributed by atoms with E-state index in [9.17, 15) is 9.18 Å². The van der Waals surface area contributed by atoms with E-state index in [4.69, 9.17) is 0 Å². The van der Waals surface area contributed by atoms with Gasteiger partial charge in [0.05, 0.1) is 11.4 Å². The molecule has 138 valence electrons. The summed E-state index contributed by atoms with van der Waals surface area (Å²) in [5.41, 5.74) is 3.49. The first-order valence-corrected chi connectivity index (χ1v) is 8.79. The van der Waals surface area contributed by atoms with Crippen LogP contribution in [0, 0.1) is 5.82 Å². The van der Waals surface area contributed by atoms with Gasteiger partial charge in [0.2, 0.25) is 0 Å². The lowest BCUT2D eigenvalue weighted by Crippen LogP contribution is -2.25. The molecule has 0 spiro atoms. The molecule has 4 aromatic rings. The minimum Gasteiger partial charge on any atom is -0.347 e. The minimum absolute atomic E-state index is 0.268. The number of carbonyl (C=O) groups excluding carboxylic acids is 1. The number of amides is 1. The van der Waals surface area contributed by atoms with E-state index in [-0.39, 0.29) is 11.7 Å². The highest BCUT2D eigenvalue weighted by atomic mass is 19.1. The van der Waals surface area contributed by atoms with Crippen LogP contribution in [0.25, 0.3) is 16.9 Å². The molecule has 0 aliphatic carbocycles. The average molecular weight is 372 g/mol. The van der Waals surface area contributed by atoms with Gasteiger partial charge >= 0.3 is 0 Å². The molecule has 6 heteroatoms. The SMILES string of the molecule is O=C(NCc1ccncc1)c1cc(-c2ccccc2)nn1-c1ccc(F)cc1. The van der Waals surface area contributed by atoms with Crippen molar-refractivity contribution >= 4 is 5.91 Å². The Kier molecular flexibility index (Phi) is 4.93. The van der Waals surface area contributed by atoms with E-state index in [1.54, 1.807) is 30.6 Å². The molecule has 0 saturated carbocycles. The van der Waals surface area contributed by atoms with E-state index in [2.05, 4.69) is 15.4 Å². The molecular formula is C22H17FN4O. The second-order valence-corrected chi connectivity index (χ2v) is 6.21. The van der Waals surface area contributed by atoms with Gasteiger partial charge in [0.15, 0.2) is 0 Å². The summed E-state index contributed by atoms with van der Waals surface area (Å²) in [6.07, 6.45) is 3.36. The van der Waals surface area contributed by atoms with E-state index in [0.29, 0.717) is 23.6 Å². The third kappa shape index (κ3) is 3.81. The number of pyridine rings is 1. The lowest BCUT2D eigenvalue weighted by atomic mass is 10.1. The van der Waals surface area contributed by atoms with Crippen molar-refractivity contribution in [2.24, 2.45) is 0 Å².